The van der Waals surface area contributed by atoms with Gasteiger partial charge in [0.05, 0.1) is 0 Å². The molecule has 0 heterocycles. The van der Waals surface area contributed by atoms with Gasteiger partial charge in [0.2, 0.25) is 0 Å². The zero-order chi connectivity index (χ0) is 9.84. The summed E-state index contributed by atoms with van der Waals surface area (Å²) in [6.07, 6.45) is 1.96. The molecular weight excluding hydrogens is 228 g/mol. The van der Waals surface area contributed by atoms with Gasteiger partial charge in [-0.05, 0) is 23.6 Å². The van der Waals surface area contributed by atoms with E-state index in [0.717, 1.165) is 22.7 Å². The molecule has 0 N–H and O–H groups in total. The fourth-order valence-corrected chi connectivity index (χ4v) is 1.75. The average molecular weight is 241 g/mol. The van der Waals surface area contributed by atoms with Crippen molar-refractivity contribution < 1.29 is 4.79 Å². The Morgan fingerprint density at radius 2 is 2.23 bits per heavy atom. The Balaban J connectivity index is 3.05. The summed E-state index contributed by atoms with van der Waals surface area (Å²) in [6, 6.07) is 6.08. The normalized spacial score (nSPS) is 12.5. The van der Waals surface area contributed by atoms with E-state index in [1.165, 1.54) is 5.56 Å². The molecule has 1 atom stereocenters. The van der Waals surface area contributed by atoms with Gasteiger partial charge in [0.1, 0.15) is 6.29 Å². The van der Waals surface area contributed by atoms with Crippen molar-refractivity contribution >= 4 is 22.2 Å². The molecule has 1 nitrogen and oxygen atoms in total. The molecule has 1 rings (SSSR count). The van der Waals surface area contributed by atoms with Crippen molar-refractivity contribution in [2.75, 3.05) is 0 Å². The van der Waals surface area contributed by atoms with Gasteiger partial charge in [0.15, 0.2) is 0 Å². The second-order valence-electron chi connectivity index (χ2n) is 3.13. The number of hydrogen-bond donors (Lipinski definition) is 0. The van der Waals surface area contributed by atoms with Crippen LogP contribution in [0.1, 0.15) is 30.9 Å². The minimum atomic E-state index is -0.00148. The van der Waals surface area contributed by atoms with E-state index in [4.69, 9.17) is 0 Å². The van der Waals surface area contributed by atoms with Crippen LogP contribution in [0.4, 0.5) is 0 Å². The summed E-state index contributed by atoms with van der Waals surface area (Å²) >= 11 is 3.47. The number of benzene rings is 1. The Hall–Kier alpha value is -0.630. The van der Waals surface area contributed by atoms with Gasteiger partial charge in [0, 0.05) is 10.4 Å². The molecule has 0 aliphatic rings. The maximum atomic E-state index is 10.6. The molecule has 0 aromatic heterocycles. The van der Waals surface area contributed by atoms with E-state index in [9.17, 15) is 4.79 Å². The molecule has 70 valence electrons. The van der Waals surface area contributed by atoms with Gasteiger partial charge in [0.25, 0.3) is 0 Å². The van der Waals surface area contributed by atoms with Gasteiger partial charge < -0.3 is 4.79 Å². The molecule has 0 amide bonds. The van der Waals surface area contributed by atoms with Gasteiger partial charge in [-0.1, -0.05) is 41.9 Å². The standard InChI is InChI=1S/C11H13BrO/c1-3-9-6-10(8(2)7-13)4-5-11(9)12/h4-8H,3H2,1-2H3. The molecule has 0 radical (unpaired) electrons. The predicted molar refractivity (Wildman–Crippen MR) is 58.0 cm³/mol. The van der Waals surface area contributed by atoms with Crippen LogP contribution in [-0.4, -0.2) is 6.29 Å². The number of rotatable bonds is 3. The van der Waals surface area contributed by atoms with E-state index in [1.807, 2.05) is 19.1 Å². The topological polar surface area (TPSA) is 17.1 Å². The van der Waals surface area contributed by atoms with Crippen molar-refractivity contribution in [1.29, 1.82) is 0 Å². The number of aryl methyl sites for hydroxylation is 1. The molecule has 0 aliphatic carbocycles. The SMILES string of the molecule is CCc1cc(C(C)C=O)ccc1Br. The molecule has 13 heavy (non-hydrogen) atoms. The molecule has 0 aliphatic heterocycles. The lowest BCUT2D eigenvalue weighted by atomic mass is 10.00. The van der Waals surface area contributed by atoms with Crippen molar-refractivity contribution in [2.45, 2.75) is 26.2 Å². The smallest absolute Gasteiger partial charge is 0.127 e. The number of carbonyl (C=O) groups is 1. The molecule has 0 fully saturated rings. The Kier molecular flexibility index (Phi) is 3.67. The molecule has 0 bridgehead atoms. The Morgan fingerprint density at radius 3 is 2.77 bits per heavy atom. The zero-order valence-electron chi connectivity index (χ0n) is 7.88. The predicted octanol–water partition coefficient (Wildman–Crippen LogP) is 3.31. The maximum Gasteiger partial charge on any atom is 0.127 e. The van der Waals surface area contributed by atoms with E-state index < -0.39 is 0 Å². The van der Waals surface area contributed by atoms with Crippen LogP contribution in [0.15, 0.2) is 22.7 Å². The lowest BCUT2D eigenvalue weighted by Crippen LogP contribution is -1.95. The minimum absolute atomic E-state index is 0.00148. The lowest BCUT2D eigenvalue weighted by Gasteiger charge is -2.07. The van der Waals surface area contributed by atoms with Gasteiger partial charge in [-0.3, -0.25) is 0 Å². The highest BCUT2D eigenvalue weighted by Gasteiger charge is 2.05. The first-order valence-electron chi connectivity index (χ1n) is 4.42. The molecule has 1 unspecified atom stereocenters. The van der Waals surface area contributed by atoms with E-state index in [2.05, 4.69) is 28.9 Å². The molecule has 0 spiro atoms. The number of hydrogen-bond acceptors (Lipinski definition) is 1. The molecule has 0 saturated heterocycles. The van der Waals surface area contributed by atoms with E-state index in [1.54, 1.807) is 0 Å². The summed E-state index contributed by atoms with van der Waals surface area (Å²) in [4.78, 5) is 10.6. The summed E-state index contributed by atoms with van der Waals surface area (Å²) < 4.78 is 1.12. The van der Waals surface area contributed by atoms with Gasteiger partial charge in [-0.25, -0.2) is 0 Å². The number of halogens is 1. The van der Waals surface area contributed by atoms with Crippen LogP contribution in [0.2, 0.25) is 0 Å². The monoisotopic (exact) mass is 240 g/mol. The van der Waals surface area contributed by atoms with Crippen molar-refractivity contribution in [3.63, 3.8) is 0 Å². The number of carbonyl (C=O) groups excluding carboxylic acids is 1. The molecular formula is C11H13BrO. The van der Waals surface area contributed by atoms with Crippen LogP contribution in [-0.2, 0) is 11.2 Å². The third-order valence-electron chi connectivity index (χ3n) is 2.18. The molecule has 1 aromatic rings. The highest BCUT2D eigenvalue weighted by Crippen LogP contribution is 2.22. The second-order valence-corrected chi connectivity index (χ2v) is 3.98. The van der Waals surface area contributed by atoms with Crippen LogP contribution < -0.4 is 0 Å². The van der Waals surface area contributed by atoms with Crippen LogP contribution in [0, 0.1) is 0 Å². The maximum absolute atomic E-state index is 10.6. The first-order chi connectivity index (χ1) is 6.19. The zero-order valence-corrected chi connectivity index (χ0v) is 9.47. The van der Waals surface area contributed by atoms with E-state index >= 15 is 0 Å². The average Bonchev–Trinajstić information content (AvgIpc) is 2.17. The first kappa shape index (κ1) is 10.5. The van der Waals surface area contributed by atoms with Crippen molar-refractivity contribution in [1.82, 2.24) is 0 Å². The highest BCUT2D eigenvalue weighted by atomic mass is 79.9. The highest BCUT2D eigenvalue weighted by molar-refractivity contribution is 9.10. The Morgan fingerprint density at radius 1 is 1.54 bits per heavy atom. The molecule has 1 aromatic carbocycles. The minimum Gasteiger partial charge on any atom is -0.303 e. The quantitative estimate of drug-likeness (QED) is 0.742. The summed E-state index contributed by atoms with van der Waals surface area (Å²) in [5.74, 6) is -0.00148. The van der Waals surface area contributed by atoms with Crippen LogP contribution >= 0.6 is 15.9 Å². The third kappa shape index (κ3) is 2.41. The Bertz CT molecular complexity index is 307. The van der Waals surface area contributed by atoms with Crippen molar-refractivity contribution in [3.8, 4) is 0 Å². The summed E-state index contributed by atoms with van der Waals surface area (Å²) in [5.41, 5.74) is 2.35. The van der Waals surface area contributed by atoms with E-state index in [-0.39, 0.29) is 5.92 Å². The van der Waals surface area contributed by atoms with Crippen LogP contribution in [0.5, 0.6) is 0 Å². The van der Waals surface area contributed by atoms with Crippen molar-refractivity contribution in [3.05, 3.63) is 33.8 Å². The fourth-order valence-electron chi connectivity index (χ4n) is 1.23. The Labute approximate surface area is 87.3 Å². The summed E-state index contributed by atoms with van der Waals surface area (Å²) in [6.45, 7) is 4.02. The lowest BCUT2D eigenvalue weighted by molar-refractivity contribution is -0.108. The third-order valence-corrected chi connectivity index (χ3v) is 2.95. The van der Waals surface area contributed by atoms with Gasteiger partial charge >= 0.3 is 0 Å². The first-order valence-corrected chi connectivity index (χ1v) is 5.22. The largest absolute Gasteiger partial charge is 0.303 e. The van der Waals surface area contributed by atoms with Crippen molar-refractivity contribution in [2.24, 2.45) is 0 Å². The van der Waals surface area contributed by atoms with Crippen LogP contribution in [0.3, 0.4) is 0 Å². The van der Waals surface area contributed by atoms with E-state index in [0.29, 0.717) is 0 Å². The molecule has 0 saturated carbocycles. The van der Waals surface area contributed by atoms with Gasteiger partial charge in [-0.2, -0.15) is 0 Å². The molecule has 2 heteroatoms. The fraction of sp³-hybridized carbons (Fsp3) is 0.364. The number of aldehydes is 1. The summed E-state index contributed by atoms with van der Waals surface area (Å²) in [7, 11) is 0. The summed E-state index contributed by atoms with van der Waals surface area (Å²) in [5, 5.41) is 0. The second kappa shape index (κ2) is 4.56. The van der Waals surface area contributed by atoms with Gasteiger partial charge in [-0.15, -0.1) is 0 Å². The van der Waals surface area contributed by atoms with Crippen LogP contribution in [0.25, 0.3) is 0 Å².